The maximum Gasteiger partial charge on any atom is 0.245 e. The van der Waals surface area contributed by atoms with Gasteiger partial charge < -0.3 is 15.0 Å². The summed E-state index contributed by atoms with van der Waals surface area (Å²) in [5.41, 5.74) is 1.41. The van der Waals surface area contributed by atoms with Gasteiger partial charge in [-0.25, -0.2) is 4.98 Å². The van der Waals surface area contributed by atoms with Crippen molar-refractivity contribution < 1.29 is 4.74 Å². The zero-order chi connectivity index (χ0) is 14.1. The quantitative estimate of drug-likeness (QED) is 0.900. The highest BCUT2D eigenvalue weighted by Gasteiger charge is 2.27. The molecule has 2 aromatic heterocycles. The fraction of sp³-hybridized carbons (Fsp3) is 0.643. The van der Waals surface area contributed by atoms with E-state index in [1.807, 2.05) is 0 Å². The first kappa shape index (κ1) is 13.1. The van der Waals surface area contributed by atoms with Crippen LogP contribution in [0.5, 0.6) is 5.88 Å². The van der Waals surface area contributed by atoms with E-state index < -0.39 is 0 Å². The number of hydrogen-bond donors (Lipinski definition) is 2. The van der Waals surface area contributed by atoms with Crippen LogP contribution in [-0.4, -0.2) is 33.1 Å². The number of aromatic amines is 1. The number of anilines is 1. The number of nitrogens with zero attached hydrogens (tertiary/aromatic N) is 3. The molecule has 0 radical (unpaired) electrons. The summed E-state index contributed by atoms with van der Waals surface area (Å²) in [5, 5.41) is 2.95. The number of H-pyrrole nitrogens is 1. The van der Waals surface area contributed by atoms with Crippen molar-refractivity contribution in [2.45, 2.75) is 39.2 Å². The van der Waals surface area contributed by atoms with Gasteiger partial charge in [0.2, 0.25) is 11.8 Å². The van der Waals surface area contributed by atoms with E-state index in [0.717, 1.165) is 24.3 Å². The topological polar surface area (TPSA) is 75.7 Å². The molecule has 2 heterocycles. The first-order chi connectivity index (χ1) is 9.67. The minimum Gasteiger partial charge on any atom is -0.473 e. The molecule has 2 N–H and O–H groups in total. The average molecular weight is 275 g/mol. The Morgan fingerprint density at radius 1 is 1.25 bits per heavy atom. The van der Waals surface area contributed by atoms with E-state index in [4.69, 9.17) is 4.74 Å². The molecule has 3 atom stereocenters. The lowest BCUT2D eigenvalue weighted by Crippen LogP contribution is -2.29. The summed E-state index contributed by atoms with van der Waals surface area (Å²) in [5.74, 6) is 2.61. The molecule has 1 aliphatic rings. The van der Waals surface area contributed by atoms with E-state index in [0.29, 0.717) is 23.4 Å². The van der Waals surface area contributed by atoms with Gasteiger partial charge in [-0.15, -0.1) is 0 Å². The Bertz CT molecular complexity index is 596. The van der Waals surface area contributed by atoms with E-state index in [9.17, 15) is 0 Å². The largest absolute Gasteiger partial charge is 0.473 e. The molecule has 1 fully saturated rings. The number of hydrogen-bond acceptors (Lipinski definition) is 5. The Morgan fingerprint density at radius 3 is 2.85 bits per heavy atom. The monoisotopic (exact) mass is 275 g/mol. The van der Waals surface area contributed by atoms with Crippen molar-refractivity contribution in [3.8, 4) is 5.88 Å². The van der Waals surface area contributed by atoms with Crippen molar-refractivity contribution in [1.29, 1.82) is 0 Å². The zero-order valence-electron chi connectivity index (χ0n) is 12.2. The normalized spacial score (nSPS) is 26.6. The predicted octanol–water partition coefficient (Wildman–Crippen LogP) is 2.60. The minimum atomic E-state index is 0.229. The summed E-state index contributed by atoms with van der Waals surface area (Å²) in [6, 6.07) is 0. The van der Waals surface area contributed by atoms with E-state index >= 15 is 0 Å². The summed E-state index contributed by atoms with van der Waals surface area (Å²) in [7, 11) is 1.79. The molecule has 0 aliphatic heterocycles. The summed E-state index contributed by atoms with van der Waals surface area (Å²) in [6.45, 7) is 4.61. The minimum absolute atomic E-state index is 0.229. The van der Waals surface area contributed by atoms with Crippen molar-refractivity contribution in [3.05, 3.63) is 6.33 Å². The lowest BCUT2D eigenvalue weighted by atomic mass is 9.80. The van der Waals surface area contributed by atoms with E-state index in [1.165, 1.54) is 6.42 Å². The number of imidazole rings is 1. The number of aromatic nitrogens is 4. The molecule has 20 heavy (non-hydrogen) atoms. The van der Waals surface area contributed by atoms with Crippen molar-refractivity contribution in [2.24, 2.45) is 11.8 Å². The molecule has 0 saturated heterocycles. The second-order valence-electron chi connectivity index (χ2n) is 5.71. The molecule has 6 heteroatoms. The Balaban J connectivity index is 1.85. The number of nitrogens with one attached hydrogen (secondary N) is 2. The summed E-state index contributed by atoms with van der Waals surface area (Å²) in [6.07, 6.45) is 5.22. The van der Waals surface area contributed by atoms with Crippen LogP contribution in [0.4, 0.5) is 5.95 Å². The first-order valence-electron chi connectivity index (χ1n) is 7.23. The van der Waals surface area contributed by atoms with Gasteiger partial charge in [-0.05, 0) is 31.1 Å². The van der Waals surface area contributed by atoms with Crippen LogP contribution in [0.25, 0.3) is 11.2 Å². The van der Waals surface area contributed by atoms with Gasteiger partial charge in [-0.2, -0.15) is 9.97 Å². The van der Waals surface area contributed by atoms with Crippen LogP contribution < -0.4 is 10.1 Å². The Morgan fingerprint density at radius 2 is 2.10 bits per heavy atom. The molecule has 3 rings (SSSR count). The Labute approximate surface area is 118 Å². The van der Waals surface area contributed by atoms with Gasteiger partial charge in [0, 0.05) is 7.05 Å². The molecule has 1 aliphatic carbocycles. The van der Waals surface area contributed by atoms with Crippen LogP contribution in [0, 0.1) is 11.8 Å². The summed E-state index contributed by atoms with van der Waals surface area (Å²) >= 11 is 0. The summed E-state index contributed by atoms with van der Waals surface area (Å²) in [4.78, 5) is 15.9. The van der Waals surface area contributed by atoms with Gasteiger partial charge in [0.25, 0.3) is 0 Å². The van der Waals surface area contributed by atoms with Crippen LogP contribution >= 0.6 is 0 Å². The van der Waals surface area contributed by atoms with Gasteiger partial charge in [0.15, 0.2) is 5.65 Å². The zero-order valence-corrected chi connectivity index (χ0v) is 12.2. The Hall–Kier alpha value is -1.85. The average Bonchev–Trinajstić information content (AvgIpc) is 2.91. The van der Waals surface area contributed by atoms with E-state index in [-0.39, 0.29) is 6.10 Å². The molecule has 0 aromatic carbocycles. The van der Waals surface area contributed by atoms with Crippen molar-refractivity contribution >= 4 is 17.1 Å². The molecule has 1 saturated carbocycles. The molecular formula is C14H21N5O. The lowest BCUT2D eigenvalue weighted by Gasteiger charge is -2.31. The van der Waals surface area contributed by atoms with E-state index in [2.05, 4.69) is 39.1 Å². The third kappa shape index (κ3) is 2.42. The van der Waals surface area contributed by atoms with Gasteiger partial charge in [-0.1, -0.05) is 13.8 Å². The van der Waals surface area contributed by atoms with Crippen molar-refractivity contribution in [1.82, 2.24) is 19.9 Å². The SMILES string of the molecule is CNc1nc(OC2CCC(C)C(C)C2)c2[nH]cnc2n1. The molecule has 0 amide bonds. The second-order valence-corrected chi connectivity index (χ2v) is 5.71. The van der Waals surface area contributed by atoms with Crippen molar-refractivity contribution in [3.63, 3.8) is 0 Å². The fourth-order valence-corrected chi connectivity index (χ4v) is 2.77. The molecule has 0 bridgehead atoms. The third-order valence-corrected chi connectivity index (χ3v) is 4.30. The van der Waals surface area contributed by atoms with Crippen LogP contribution in [0.1, 0.15) is 33.1 Å². The smallest absolute Gasteiger partial charge is 0.245 e. The van der Waals surface area contributed by atoms with E-state index in [1.54, 1.807) is 13.4 Å². The fourth-order valence-electron chi connectivity index (χ4n) is 2.77. The molecule has 6 nitrogen and oxygen atoms in total. The van der Waals surface area contributed by atoms with Gasteiger partial charge >= 0.3 is 0 Å². The Kier molecular flexibility index (Phi) is 3.46. The number of rotatable bonds is 3. The third-order valence-electron chi connectivity index (χ3n) is 4.30. The molecule has 2 aromatic rings. The molecule has 108 valence electrons. The van der Waals surface area contributed by atoms with Gasteiger partial charge in [0.05, 0.1) is 6.33 Å². The highest BCUT2D eigenvalue weighted by Crippen LogP contribution is 2.32. The van der Waals surface area contributed by atoms with Crippen LogP contribution in [0.2, 0.25) is 0 Å². The maximum atomic E-state index is 6.13. The van der Waals surface area contributed by atoms with Crippen LogP contribution in [0.3, 0.4) is 0 Å². The highest BCUT2D eigenvalue weighted by atomic mass is 16.5. The number of fused-ring (bicyclic) bond motifs is 1. The molecular weight excluding hydrogens is 254 g/mol. The summed E-state index contributed by atoms with van der Waals surface area (Å²) < 4.78 is 6.13. The highest BCUT2D eigenvalue weighted by molar-refractivity contribution is 5.76. The van der Waals surface area contributed by atoms with Gasteiger partial charge in [0.1, 0.15) is 11.6 Å². The lowest BCUT2D eigenvalue weighted by molar-refractivity contribution is 0.0978. The first-order valence-corrected chi connectivity index (χ1v) is 7.23. The standard InChI is InChI=1S/C14H21N5O/c1-8-4-5-10(6-9(8)2)20-13-11-12(17-7-16-11)18-14(15-3)19-13/h7-10H,4-6H2,1-3H3,(H2,15,16,17,18,19). The van der Waals surface area contributed by atoms with Crippen LogP contribution in [-0.2, 0) is 0 Å². The van der Waals surface area contributed by atoms with Gasteiger partial charge in [-0.3, -0.25) is 0 Å². The van der Waals surface area contributed by atoms with Crippen LogP contribution in [0.15, 0.2) is 6.33 Å². The predicted molar refractivity (Wildman–Crippen MR) is 77.8 cm³/mol. The molecule has 0 spiro atoms. The maximum absolute atomic E-state index is 6.13. The number of ether oxygens (including phenoxy) is 1. The second kappa shape index (κ2) is 5.26. The van der Waals surface area contributed by atoms with Crippen molar-refractivity contribution in [2.75, 3.05) is 12.4 Å². The molecule has 3 unspecified atom stereocenters.